The molecule has 0 radical (unpaired) electrons. The van der Waals surface area contributed by atoms with Crippen molar-refractivity contribution in [2.75, 3.05) is 20.2 Å². The van der Waals surface area contributed by atoms with Gasteiger partial charge < -0.3 is 9.84 Å². The number of hydrogen-bond acceptors (Lipinski definition) is 4. The van der Waals surface area contributed by atoms with Crippen molar-refractivity contribution in [1.29, 1.82) is 0 Å². The Kier molecular flexibility index (Phi) is 5.83. The molecule has 1 aromatic heterocycles. The molecule has 0 aliphatic carbocycles. The van der Waals surface area contributed by atoms with Crippen LogP contribution in [0.3, 0.4) is 0 Å². The quantitative estimate of drug-likeness (QED) is 0.858. The van der Waals surface area contributed by atoms with Gasteiger partial charge in [0.25, 0.3) is 0 Å². The molecule has 138 valence electrons. The van der Waals surface area contributed by atoms with Crippen LogP contribution in [0, 0.1) is 11.7 Å². The number of carbonyl (C=O) groups is 1. The van der Waals surface area contributed by atoms with Crippen molar-refractivity contribution in [3.8, 4) is 5.75 Å². The number of carboxylic acid groups (broad SMARTS) is 1. The van der Waals surface area contributed by atoms with Crippen LogP contribution in [0.2, 0.25) is 0 Å². The molecule has 1 N–H and O–H groups in total. The molecule has 1 unspecified atom stereocenters. The molecule has 1 aliphatic rings. The number of methoxy groups -OCH3 is 1. The van der Waals surface area contributed by atoms with Gasteiger partial charge in [0.1, 0.15) is 11.6 Å². The summed E-state index contributed by atoms with van der Waals surface area (Å²) in [6.07, 6.45) is 3.53. The topological polar surface area (TPSA) is 62.7 Å². The number of ether oxygens (including phenoxy) is 1. The summed E-state index contributed by atoms with van der Waals surface area (Å²) in [5.74, 6) is -0.731. The van der Waals surface area contributed by atoms with Crippen LogP contribution in [0.4, 0.5) is 4.39 Å². The summed E-state index contributed by atoms with van der Waals surface area (Å²) in [5.41, 5.74) is 1.68. The fourth-order valence-corrected chi connectivity index (χ4v) is 3.58. The van der Waals surface area contributed by atoms with Crippen LogP contribution in [0.15, 0.2) is 42.6 Å². The van der Waals surface area contributed by atoms with Gasteiger partial charge in [0.15, 0.2) is 0 Å². The maximum atomic E-state index is 14.0. The van der Waals surface area contributed by atoms with Crippen molar-refractivity contribution in [1.82, 2.24) is 9.88 Å². The van der Waals surface area contributed by atoms with Gasteiger partial charge in [-0.2, -0.15) is 0 Å². The SMILES string of the molecule is COc1ccc(F)cc1C(Cc1ccccn1)N1CCC(C(=O)O)CC1. The fraction of sp³-hybridized carbons (Fsp3) is 0.400. The molecule has 0 saturated carbocycles. The number of likely N-dealkylation sites (tertiary alicyclic amines) is 1. The van der Waals surface area contributed by atoms with E-state index in [1.165, 1.54) is 12.1 Å². The lowest BCUT2D eigenvalue weighted by atomic mass is 9.92. The third-order valence-corrected chi connectivity index (χ3v) is 5.00. The Balaban J connectivity index is 1.90. The van der Waals surface area contributed by atoms with Crippen molar-refractivity contribution < 1.29 is 19.0 Å². The van der Waals surface area contributed by atoms with Crippen molar-refractivity contribution in [3.05, 3.63) is 59.7 Å². The summed E-state index contributed by atoms with van der Waals surface area (Å²) in [4.78, 5) is 17.9. The van der Waals surface area contributed by atoms with E-state index in [-0.39, 0.29) is 17.8 Å². The Bertz CT molecular complexity index is 746. The molecule has 1 fully saturated rings. The highest BCUT2D eigenvalue weighted by Crippen LogP contribution is 2.35. The van der Waals surface area contributed by atoms with Crippen LogP contribution >= 0.6 is 0 Å². The molecule has 2 heterocycles. The highest BCUT2D eigenvalue weighted by atomic mass is 19.1. The summed E-state index contributed by atoms with van der Waals surface area (Å²) in [6.45, 7) is 1.29. The smallest absolute Gasteiger partial charge is 0.306 e. The predicted octanol–water partition coefficient (Wildman–Crippen LogP) is 3.31. The number of aromatic nitrogens is 1. The number of carboxylic acids is 1. The zero-order chi connectivity index (χ0) is 18.5. The largest absolute Gasteiger partial charge is 0.496 e. The number of nitrogens with zero attached hydrogens (tertiary/aromatic N) is 2. The van der Waals surface area contributed by atoms with Crippen molar-refractivity contribution in [2.45, 2.75) is 25.3 Å². The third kappa shape index (κ3) is 4.19. The molecule has 0 bridgehead atoms. The molecule has 1 aliphatic heterocycles. The van der Waals surface area contributed by atoms with E-state index in [2.05, 4.69) is 9.88 Å². The second kappa shape index (κ2) is 8.27. The van der Waals surface area contributed by atoms with Gasteiger partial charge in [-0.05, 0) is 56.3 Å². The zero-order valence-electron chi connectivity index (χ0n) is 14.8. The molecular formula is C20H23FN2O3. The molecular weight excluding hydrogens is 335 g/mol. The van der Waals surface area contributed by atoms with Crippen molar-refractivity contribution in [2.24, 2.45) is 5.92 Å². The van der Waals surface area contributed by atoms with Crippen LogP contribution in [0.25, 0.3) is 0 Å². The minimum atomic E-state index is -0.741. The first-order valence-electron chi connectivity index (χ1n) is 8.78. The van der Waals surface area contributed by atoms with E-state index in [9.17, 15) is 14.3 Å². The van der Waals surface area contributed by atoms with E-state index in [1.54, 1.807) is 19.4 Å². The number of halogens is 1. The zero-order valence-corrected chi connectivity index (χ0v) is 14.8. The highest BCUT2D eigenvalue weighted by molar-refractivity contribution is 5.70. The van der Waals surface area contributed by atoms with Gasteiger partial charge in [-0.1, -0.05) is 6.07 Å². The molecule has 3 rings (SSSR count). The van der Waals surface area contributed by atoms with Gasteiger partial charge >= 0.3 is 5.97 Å². The van der Waals surface area contributed by atoms with Crippen LogP contribution in [-0.2, 0) is 11.2 Å². The number of rotatable bonds is 6. The lowest BCUT2D eigenvalue weighted by Gasteiger charge is -2.37. The van der Waals surface area contributed by atoms with Gasteiger partial charge in [0, 0.05) is 29.9 Å². The molecule has 5 nitrogen and oxygen atoms in total. The molecule has 26 heavy (non-hydrogen) atoms. The number of hydrogen-bond donors (Lipinski definition) is 1. The standard InChI is InChI=1S/C20H23FN2O3/c1-26-19-6-5-15(21)12-17(19)18(13-16-4-2-3-9-22-16)23-10-7-14(8-11-23)20(24)25/h2-6,9,12,14,18H,7-8,10-11,13H2,1H3,(H,24,25). The van der Waals surface area contributed by atoms with E-state index in [4.69, 9.17) is 4.74 Å². The van der Waals surface area contributed by atoms with Gasteiger partial charge in [-0.25, -0.2) is 4.39 Å². The first kappa shape index (κ1) is 18.3. The van der Waals surface area contributed by atoms with E-state index in [1.807, 2.05) is 18.2 Å². The summed E-state index contributed by atoms with van der Waals surface area (Å²) in [6, 6.07) is 10.2. The minimum Gasteiger partial charge on any atom is -0.496 e. The lowest BCUT2D eigenvalue weighted by molar-refractivity contribution is -0.143. The van der Waals surface area contributed by atoms with Gasteiger partial charge in [0.05, 0.1) is 13.0 Å². The molecule has 0 spiro atoms. The second-order valence-electron chi connectivity index (χ2n) is 6.58. The highest BCUT2D eigenvalue weighted by Gasteiger charge is 2.31. The summed E-state index contributed by atoms with van der Waals surface area (Å²) in [7, 11) is 1.57. The number of pyridine rings is 1. The van der Waals surface area contributed by atoms with E-state index in [0.717, 1.165) is 11.3 Å². The third-order valence-electron chi connectivity index (χ3n) is 5.00. The Labute approximate surface area is 152 Å². The number of benzene rings is 1. The Morgan fingerprint density at radius 2 is 2.12 bits per heavy atom. The monoisotopic (exact) mass is 358 g/mol. The van der Waals surface area contributed by atoms with Crippen molar-refractivity contribution >= 4 is 5.97 Å². The Morgan fingerprint density at radius 3 is 2.73 bits per heavy atom. The molecule has 1 saturated heterocycles. The molecule has 6 heteroatoms. The molecule has 1 aromatic carbocycles. The van der Waals surface area contributed by atoms with E-state index in [0.29, 0.717) is 38.1 Å². The molecule has 0 amide bonds. The number of piperidine rings is 1. The summed E-state index contributed by atoms with van der Waals surface area (Å²) >= 11 is 0. The average molecular weight is 358 g/mol. The van der Waals surface area contributed by atoms with Crippen LogP contribution in [0.5, 0.6) is 5.75 Å². The number of aliphatic carboxylic acids is 1. The van der Waals surface area contributed by atoms with E-state index >= 15 is 0 Å². The van der Waals surface area contributed by atoms with Gasteiger partial charge in [-0.3, -0.25) is 14.7 Å². The minimum absolute atomic E-state index is 0.120. The van der Waals surface area contributed by atoms with E-state index < -0.39 is 5.97 Å². The first-order chi connectivity index (χ1) is 12.6. The normalized spacial score (nSPS) is 17.0. The molecule has 1 atom stereocenters. The van der Waals surface area contributed by atoms with Crippen LogP contribution in [-0.4, -0.2) is 41.2 Å². The van der Waals surface area contributed by atoms with Crippen molar-refractivity contribution in [3.63, 3.8) is 0 Å². The van der Waals surface area contributed by atoms with Gasteiger partial charge in [0.2, 0.25) is 0 Å². The average Bonchev–Trinajstić information content (AvgIpc) is 2.67. The maximum Gasteiger partial charge on any atom is 0.306 e. The Hall–Kier alpha value is -2.47. The Morgan fingerprint density at radius 1 is 1.35 bits per heavy atom. The van der Waals surface area contributed by atoms with Crippen LogP contribution < -0.4 is 4.74 Å². The maximum absolute atomic E-state index is 14.0. The van der Waals surface area contributed by atoms with Crippen LogP contribution in [0.1, 0.15) is 30.1 Å². The lowest BCUT2D eigenvalue weighted by Crippen LogP contribution is -2.39. The predicted molar refractivity (Wildman–Crippen MR) is 95.6 cm³/mol. The molecule has 2 aromatic rings. The fourth-order valence-electron chi connectivity index (χ4n) is 3.58. The first-order valence-corrected chi connectivity index (χ1v) is 8.78. The van der Waals surface area contributed by atoms with Gasteiger partial charge in [-0.15, -0.1) is 0 Å². The summed E-state index contributed by atoms with van der Waals surface area (Å²) < 4.78 is 19.4. The summed E-state index contributed by atoms with van der Waals surface area (Å²) in [5, 5.41) is 9.24. The second-order valence-corrected chi connectivity index (χ2v) is 6.58.